The molecule has 4 nitrogen and oxygen atoms in total. The minimum Gasteiger partial charge on any atom is -0.375 e. The van der Waals surface area contributed by atoms with Crippen molar-refractivity contribution in [3.63, 3.8) is 0 Å². The Labute approximate surface area is 113 Å². The van der Waals surface area contributed by atoms with Crippen LogP contribution >= 0.6 is 0 Å². The van der Waals surface area contributed by atoms with Gasteiger partial charge in [-0.3, -0.25) is 4.79 Å². The molecule has 0 saturated carbocycles. The number of amides is 1. The molecule has 2 aliphatic heterocycles. The molecule has 1 unspecified atom stereocenters. The van der Waals surface area contributed by atoms with Crippen molar-refractivity contribution >= 4 is 11.6 Å². The minimum atomic E-state index is 0.208. The smallest absolute Gasteiger partial charge is 0.227 e. The zero-order valence-electron chi connectivity index (χ0n) is 11.3. The van der Waals surface area contributed by atoms with Gasteiger partial charge in [-0.05, 0) is 30.0 Å². The van der Waals surface area contributed by atoms with Crippen LogP contribution in [-0.4, -0.2) is 38.8 Å². The standard InChI is InChI=1S/C15H20N2O2/c1-17-14-4-2-11(8-12(14)3-5-15(17)18)9-13-10-16-6-7-19-13/h2,4,8,13,16H,3,5-7,9-10H2,1H3. The maximum atomic E-state index is 11.7. The van der Waals surface area contributed by atoms with Crippen molar-refractivity contribution in [1.29, 1.82) is 0 Å². The first kappa shape index (κ1) is 12.6. The molecule has 1 saturated heterocycles. The number of carbonyl (C=O) groups excluding carboxylic acids is 1. The van der Waals surface area contributed by atoms with Gasteiger partial charge in [0.05, 0.1) is 12.7 Å². The van der Waals surface area contributed by atoms with E-state index in [4.69, 9.17) is 4.74 Å². The molecule has 0 aliphatic carbocycles. The van der Waals surface area contributed by atoms with Gasteiger partial charge in [0.15, 0.2) is 0 Å². The van der Waals surface area contributed by atoms with Crippen LogP contribution in [0.5, 0.6) is 0 Å². The minimum absolute atomic E-state index is 0.208. The number of aryl methyl sites for hydroxylation is 1. The summed E-state index contributed by atoms with van der Waals surface area (Å²) in [6.07, 6.45) is 2.69. The Morgan fingerprint density at radius 3 is 3.11 bits per heavy atom. The first-order valence-electron chi connectivity index (χ1n) is 6.95. The van der Waals surface area contributed by atoms with E-state index in [1.54, 1.807) is 4.90 Å². The topological polar surface area (TPSA) is 41.6 Å². The molecule has 1 atom stereocenters. The van der Waals surface area contributed by atoms with Crippen molar-refractivity contribution in [2.75, 3.05) is 31.6 Å². The number of anilines is 1. The van der Waals surface area contributed by atoms with Crippen LogP contribution in [0.2, 0.25) is 0 Å². The van der Waals surface area contributed by atoms with Gasteiger partial charge in [-0.25, -0.2) is 0 Å². The highest BCUT2D eigenvalue weighted by Crippen LogP contribution is 2.28. The van der Waals surface area contributed by atoms with Crippen molar-refractivity contribution in [2.45, 2.75) is 25.4 Å². The number of carbonyl (C=O) groups is 1. The third-order valence-electron chi connectivity index (χ3n) is 3.96. The molecule has 1 aromatic carbocycles. The summed E-state index contributed by atoms with van der Waals surface area (Å²) in [6, 6.07) is 6.42. The molecule has 0 aromatic heterocycles. The average molecular weight is 260 g/mol. The third-order valence-corrected chi connectivity index (χ3v) is 3.96. The summed E-state index contributed by atoms with van der Waals surface area (Å²) in [5.74, 6) is 0.208. The van der Waals surface area contributed by atoms with Gasteiger partial charge >= 0.3 is 0 Å². The maximum Gasteiger partial charge on any atom is 0.227 e. The van der Waals surface area contributed by atoms with E-state index in [0.29, 0.717) is 6.42 Å². The quantitative estimate of drug-likeness (QED) is 0.866. The first-order valence-corrected chi connectivity index (χ1v) is 6.95. The Morgan fingerprint density at radius 1 is 1.42 bits per heavy atom. The molecule has 2 aliphatic rings. The van der Waals surface area contributed by atoms with E-state index < -0.39 is 0 Å². The van der Waals surface area contributed by atoms with Crippen LogP contribution in [0.15, 0.2) is 18.2 Å². The fourth-order valence-corrected chi connectivity index (χ4v) is 2.85. The zero-order chi connectivity index (χ0) is 13.2. The van der Waals surface area contributed by atoms with Crippen LogP contribution in [-0.2, 0) is 22.4 Å². The molecule has 0 bridgehead atoms. The number of nitrogens with zero attached hydrogens (tertiary/aromatic N) is 1. The number of nitrogens with one attached hydrogen (secondary N) is 1. The lowest BCUT2D eigenvalue weighted by Gasteiger charge is -2.27. The van der Waals surface area contributed by atoms with Gasteiger partial charge in [0.25, 0.3) is 0 Å². The summed E-state index contributed by atoms with van der Waals surface area (Å²) in [5, 5.41) is 3.35. The zero-order valence-corrected chi connectivity index (χ0v) is 11.3. The van der Waals surface area contributed by atoms with Crippen LogP contribution in [0.4, 0.5) is 5.69 Å². The molecule has 19 heavy (non-hydrogen) atoms. The van der Waals surface area contributed by atoms with Gasteiger partial charge in [-0.1, -0.05) is 12.1 Å². The molecule has 4 heteroatoms. The fraction of sp³-hybridized carbons (Fsp3) is 0.533. The largest absolute Gasteiger partial charge is 0.375 e. The lowest BCUT2D eigenvalue weighted by atomic mass is 9.97. The number of benzene rings is 1. The van der Waals surface area contributed by atoms with Crippen LogP contribution in [0.25, 0.3) is 0 Å². The normalized spacial score (nSPS) is 23.3. The number of hydrogen-bond donors (Lipinski definition) is 1. The van der Waals surface area contributed by atoms with Crippen molar-refractivity contribution in [3.8, 4) is 0 Å². The third kappa shape index (κ3) is 2.65. The second-order valence-corrected chi connectivity index (χ2v) is 5.32. The van der Waals surface area contributed by atoms with Gasteiger partial charge in [-0.15, -0.1) is 0 Å². The Balaban J connectivity index is 1.76. The number of ether oxygens (including phenoxy) is 1. The molecular formula is C15H20N2O2. The van der Waals surface area contributed by atoms with Crippen molar-refractivity contribution < 1.29 is 9.53 Å². The molecule has 1 amide bonds. The summed E-state index contributed by atoms with van der Waals surface area (Å²) in [5.41, 5.74) is 3.64. The van der Waals surface area contributed by atoms with Gasteiger partial charge in [0, 0.05) is 32.2 Å². The second-order valence-electron chi connectivity index (χ2n) is 5.32. The predicted octanol–water partition coefficient (Wildman–Crippen LogP) is 1.13. The van der Waals surface area contributed by atoms with Gasteiger partial charge in [0.1, 0.15) is 0 Å². The van der Waals surface area contributed by atoms with E-state index in [9.17, 15) is 4.79 Å². The number of fused-ring (bicyclic) bond motifs is 1. The number of rotatable bonds is 2. The second kappa shape index (κ2) is 5.31. The van der Waals surface area contributed by atoms with Gasteiger partial charge < -0.3 is 15.0 Å². The van der Waals surface area contributed by atoms with Crippen molar-refractivity contribution in [3.05, 3.63) is 29.3 Å². The van der Waals surface area contributed by atoms with Crippen LogP contribution in [0.3, 0.4) is 0 Å². The first-order chi connectivity index (χ1) is 9.24. The molecular weight excluding hydrogens is 240 g/mol. The van der Waals surface area contributed by atoms with E-state index in [2.05, 4.69) is 23.5 Å². The van der Waals surface area contributed by atoms with E-state index in [0.717, 1.165) is 38.2 Å². The summed E-state index contributed by atoms with van der Waals surface area (Å²) >= 11 is 0. The van der Waals surface area contributed by atoms with Gasteiger partial charge in [-0.2, -0.15) is 0 Å². The molecule has 1 fully saturated rings. The summed E-state index contributed by atoms with van der Waals surface area (Å²) in [6.45, 7) is 2.68. The maximum absolute atomic E-state index is 11.7. The summed E-state index contributed by atoms with van der Waals surface area (Å²) < 4.78 is 5.74. The lowest BCUT2D eigenvalue weighted by Crippen LogP contribution is -2.39. The SMILES string of the molecule is CN1C(=O)CCc2cc(CC3CNCCO3)ccc21. The highest BCUT2D eigenvalue weighted by Gasteiger charge is 2.21. The van der Waals surface area contributed by atoms with Crippen molar-refractivity contribution in [2.24, 2.45) is 0 Å². The Bertz CT molecular complexity index is 481. The van der Waals surface area contributed by atoms with Crippen LogP contribution in [0, 0.1) is 0 Å². The summed E-state index contributed by atoms with van der Waals surface area (Å²) in [7, 11) is 1.86. The number of morpholine rings is 1. The molecule has 1 N–H and O–H groups in total. The summed E-state index contributed by atoms with van der Waals surface area (Å²) in [4.78, 5) is 13.4. The van der Waals surface area contributed by atoms with Crippen molar-refractivity contribution in [1.82, 2.24) is 5.32 Å². The van der Waals surface area contributed by atoms with E-state index in [-0.39, 0.29) is 12.0 Å². The van der Waals surface area contributed by atoms with Crippen LogP contribution in [0.1, 0.15) is 17.5 Å². The molecule has 0 spiro atoms. The monoisotopic (exact) mass is 260 g/mol. The number of hydrogen-bond acceptors (Lipinski definition) is 3. The fourth-order valence-electron chi connectivity index (χ4n) is 2.85. The van der Waals surface area contributed by atoms with E-state index >= 15 is 0 Å². The Morgan fingerprint density at radius 2 is 2.32 bits per heavy atom. The lowest BCUT2D eigenvalue weighted by molar-refractivity contribution is -0.118. The predicted molar refractivity (Wildman–Crippen MR) is 74.5 cm³/mol. The Kier molecular flexibility index (Phi) is 3.53. The molecule has 3 rings (SSSR count). The average Bonchev–Trinajstić information content (AvgIpc) is 2.44. The molecule has 0 radical (unpaired) electrons. The van der Waals surface area contributed by atoms with E-state index in [1.807, 2.05) is 7.05 Å². The highest BCUT2D eigenvalue weighted by atomic mass is 16.5. The van der Waals surface area contributed by atoms with Crippen LogP contribution < -0.4 is 10.2 Å². The Hall–Kier alpha value is -1.39. The molecule has 1 aromatic rings. The van der Waals surface area contributed by atoms with Gasteiger partial charge in [0.2, 0.25) is 5.91 Å². The molecule has 102 valence electrons. The highest BCUT2D eigenvalue weighted by molar-refractivity contribution is 5.95. The molecule has 2 heterocycles. The van der Waals surface area contributed by atoms with E-state index in [1.165, 1.54) is 11.1 Å².